The average Bonchev–Trinajstić information content (AvgIpc) is 3.06. The van der Waals surface area contributed by atoms with Crippen LogP contribution in [-0.4, -0.2) is 43.1 Å². The number of rotatable bonds is 6. The van der Waals surface area contributed by atoms with Crippen molar-refractivity contribution >= 4 is 11.9 Å². The van der Waals surface area contributed by atoms with Gasteiger partial charge in [0.05, 0.1) is 37.4 Å². The summed E-state index contributed by atoms with van der Waals surface area (Å²) < 4.78 is 22.6. The first-order valence-electron chi connectivity index (χ1n) is 9.13. The van der Waals surface area contributed by atoms with Crippen molar-refractivity contribution in [3.8, 4) is 0 Å². The maximum absolute atomic E-state index is 12.2. The first kappa shape index (κ1) is 18.9. The normalized spacial score (nSPS) is 29.2. The van der Waals surface area contributed by atoms with Gasteiger partial charge in [-0.2, -0.15) is 0 Å². The Kier molecular flexibility index (Phi) is 5.63. The Bertz CT molecular complexity index is 641. The van der Waals surface area contributed by atoms with Gasteiger partial charge in [-0.25, -0.2) is 4.79 Å². The molecular formula is C20H26O6. The molecule has 0 radical (unpaired) electrons. The lowest BCUT2D eigenvalue weighted by Crippen LogP contribution is -2.31. The van der Waals surface area contributed by atoms with E-state index in [9.17, 15) is 9.59 Å². The van der Waals surface area contributed by atoms with E-state index in [1.54, 1.807) is 31.2 Å². The molecule has 0 unspecified atom stereocenters. The van der Waals surface area contributed by atoms with E-state index in [1.807, 2.05) is 19.9 Å². The maximum Gasteiger partial charge on any atom is 0.338 e. The molecule has 6 heteroatoms. The lowest BCUT2D eigenvalue weighted by atomic mass is 9.92. The van der Waals surface area contributed by atoms with Crippen LogP contribution in [0.2, 0.25) is 0 Å². The Morgan fingerprint density at radius 2 is 1.88 bits per heavy atom. The molecule has 0 bridgehead atoms. The van der Waals surface area contributed by atoms with Gasteiger partial charge in [0.25, 0.3) is 0 Å². The molecule has 3 rings (SSSR count). The Balaban J connectivity index is 1.65. The summed E-state index contributed by atoms with van der Waals surface area (Å²) in [4.78, 5) is 24.2. The van der Waals surface area contributed by atoms with Crippen LogP contribution in [0.15, 0.2) is 30.3 Å². The number of hydrogen-bond acceptors (Lipinski definition) is 6. The summed E-state index contributed by atoms with van der Waals surface area (Å²) in [7, 11) is 0. The summed E-state index contributed by atoms with van der Waals surface area (Å²) in [6, 6.07) is 8.88. The molecule has 26 heavy (non-hydrogen) atoms. The van der Waals surface area contributed by atoms with Crippen LogP contribution in [0.4, 0.5) is 0 Å². The van der Waals surface area contributed by atoms with Crippen molar-refractivity contribution in [3.05, 3.63) is 35.9 Å². The quantitative estimate of drug-likeness (QED) is 0.725. The SMILES string of the molecule is CCOC(=O)C[C@@H]1[C@@H](COC(=O)c2ccccc2)C[C@@H]2OC(C)(C)O[C@H]12. The van der Waals surface area contributed by atoms with Crippen LogP contribution in [0.1, 0.15) is 44.0 Å². The largest absolute Gasteiger partial charge is 0.466 e. The van der Waals surface area contributed by atoms with Gasteiger partial charge in [-0.3, -0.25) is 4.79 Å². The molecule has 4 atom stereocenters. The zero-order valence-corrected chi connectivity index (χ0v) is 15.5. The van der Waals surface area contributed by atoms with E-state index >= 15 is 0 Å². The Hall–Kier alpha value is -1.92. The van der Waals surface area contributed by atoms with Gasteiger partial charge in [0, 0.05) is 11.8 Å². The fourth-order valence-electron chi connectivity index (χ4n) is 3.88. The minimum atomic E-state index is -0.659. The van der Waals surface area contributed by atoms with Gasteiger partial charge in [0.15, 0.2) is 5.79 Å². The van der Waals surface area contributed by atoms with E-state index in [2.05, 4.69) is 0 Å². The molecule has 1 aromatic rings. The van der Waals surface area contributed by atoms with Crippen molar-refractivity contribution in [2.24, 2.45) is 11.8 Å². The van der Waals surface area contributed by atoms with Gasteiger partial charge in [-0.05, 0) is 39.3 Å². The Morgan fingerprint density at radius 1 is 1.15 bits per heavy atom. The number of carbonyl (C=O) groups is 2. The number of carbonyl (C=O) groups excluding carboxylic acids is 2. The molecule has 1 aliphatic heterocycles. The third-order valence-corrected chi connectivity index (χ3v) is 4.93. The lowest BCUT2D eigenvalue weighted by molar-refractivity contribution is -0.166. The van der Waals surface area contributed by atoms with Gasteiger partial charge in [-0.15, -0.1) is 0 Å². The maximum atomic E-state index is 12.2. The summed E-state index contributed by atoms with van der Waals surface area (Å²) in [5.41, 5.74) is 0.515. The molecule has 2 aliphatic rings. The van der Waals surface area contributed by atoms with Crippen molar-refractivity contribution in [2.75, 3.05) is 13.2 Å². The molecule has 0 spiro atoms. The number of fused-ring (bicyclic) bond motifs is 1. The average molecular weight is 362 g/mol. The first-order chi connectivity index (χ1) is 12.4. The highest BCUT2D eigenvalue weighted by Crippen LogP contribution is 2.46. The predicted octanol–water partition coefficient (Wildman–Crippen LogP) is 2.95. The van der Waals surface area contributed by atoms with Gasteiger partial charge in [0.1, 0.15) is 0 Å². The van der Waals surface area contributed by atoms with Crippen molar-refractivity contribution in [3.63, 3.8) is 0 Å². The second-order valence-electron chi connectivity index (χ2n) is 7.27. The third kappa shape index (κ3) is 4.24. The Labute approximate surface area is 153 Å². The van der Waals surface area contributed by atoms with Gasteiger partial charge in [-0.1, -0.05) is 18.2 Å². The number of esters is 2. The molecule has 1 saturated heterocycles. The van der Waals surface area contributed by atoms with E-state index < -0.39 is 5.79 Å². The zero-order valence-electron chi connectivity index (χ0n) is 15.5. The van der Waals surface area contributed by atoms with Crippen molar-refractivity contribution in [2.45, 2.75) is 51.6 Å². The van der Waals surface area contributed by atoms with Crippen molar-refractivity contribution < 1.29 is 28.5 Å². The van der Waals surface area contributed by atoms with E-state index in [-0.39, 0.29) is 49.0 Å². The first-order valence-corrected chi connectivity index (χ1v) is 9.13. The van der Waals surface area contributed by atoms with E-state index in [0.29, 0.717) is 18.6 Å². The number of benzene rings is 1. The molecular weight excluding hydrogens is 336 g/mol. The topological polar surface area (TPSA) is 71.1 Å². The van der Waals surface area contributed by atoms with Crippen molar-refractivity contribution in [1.29, 1.82) is 0 Å². The van der Waals surface area contributed by atoms with Gasteiger partial charge < -0.3 is 18.9 Å². The van der Waals surface area contributed by atoms with Crippen LogP contribution < -0.4 is 0 Å². The van der Waals surface area contributed by atoms with Crippen LogP contribution in [0.3, 0.4) is 0 Å². The summed E-state index contributed by atoms with van der Waals surface area (Å²) in [6.45, 7) is 6.11. The molecule has 0 aromatic heterocycles. The summed E-state index contributed by atoms with van der Waals surface area (Å²) in [6.07, 6.45) is 0.655. The highest BCUT2D eigenvalue weighted by Gasteiger charge is 2.54. The molecule has 1 saturated carbocycles. The fourth-order valence-corrected chi connectivity index (χ4v) is 3.88. The number of hydrogen-bond donors (Lipinski definition) is 0. The van der Waals surface area contributed by atoms with E-state index in [1.165, 1.54) is 0 Å². The molecule has 2 fully saturated rings. The molecule has 6 nitrogen and oxygen atoms in total. The Morgan fingerprint density at radius 3 is 2.58 bits per heavy atom. The van der Waals surface area contributed by atoms with Crippen LogP contribution in [0.25, 0.3) is 0 Å². The molecule has 142 valence electrons. The zero-order chi connectivity index (χ0) is 18.7. The standard InChI is InChI=1S/C20H26O6/c1-4-23-17(21)11-15-14(10-16-18(15)26-20(2,3)25-16)12-24-19(22)13-8-6-5-7-9-13/h5-9,14-16,18H,4,10-12H2,1-3H3/t14-,15-,16+,18-/m1/s1. The lowest BCUT2D eigenvalue weighted by Gasteiger charge is -2.26. The summed E-state index contributed by atoms with van der Waals surface area (Å²) in [5, 5.41) is 0. The van der Waals surface area contributed by atoms with Crippen molar-refractivity contribution in [1.82, 2.24) is 0 Å². The van der Waals surface area contributed by atoms with Crippen LogP contribution in [0, 0.1) is 11.8 Å². The minimum absolute atomic E-state index is 0.00170. The summed E-state index contributed by atoms with van der Waals surface area (Å²) in [5.74, 6) is -1.37. The second kappa shape index (κ2) is 7.76. The number of ether oxygens (including phenoxy) is 4. The monoisotopic (exact) mass is 362 g/mol. The predicted molar refractivity (Wildman–Crippen MR) is 93.4 cm³/mol. The summed E-state index contributed by atoms with van der Waals surface area (Å²) >= 11 is 0. The molecule has 1 aromatic carbocycles. The molecule has 1 heterocycles. The highest BCUT2D eigenvalue weighted by atomic mass is 16.8. The van der Waals surface area contributed by atoms with Crippen LogP contribution in [-0.2, 0) is 23.7 Å². The van der Waals surface area contributed by atoms with Gasteiger partial charge in [0.2, 0.25) is 0 Å². The fraction of sp³-hybridized carbons (Fsp3) is 0.600. The third-order valence-electron chi connectivity index (χ3n) is 4.93. The molecule has 0 N–H and O–H groups in total. The molecule has 0 amide bonds. The second-order valence-corrected chi connectivity index (χ2v) is 7.27. The highest BCUT2D eigenvalue weighted by molar-refractivity contribution is 5.89. The smallest absolute Gasteiger partial charge is 0.338 e. The minimum Gasteiger partial charge on any atom is -0.466 e. The van der Waals surface area contributed by atoms with E-state index in [4.69, 9.17) is 18.9 Å². The van der Waals surface area contributed by atoms with Crippen LogP contribution in [0.5, 0.6) is 0 Å². The van der Waals surface area contributed by atoms with Crippen LogP contribution >= 0.6 is 0 Å². The van der Waals surface area contributed by atoms with Gasteiger partial charge >= 0.3 is 11.9 Å². The molecule has 1 aliphatic carbocycles. The van der Waals surface area contributed by atoms with E-state index in [0.717, 1.165) is 0 Å².